The van der Waals surface area contributed by atoms with Crippen LogP contribution in [0.4, 0.5) is 11.8 Å². The maximum atomic E-state index is 12.9. The van der Waals surface area contributed by atoms with Crippen molar-refractivity contribution in [2.24, 2.45) is 0 Å². The first-order chi connectivity index (χ1) is 12.8. The molecule has 27 heavy (non-hydrogen) atoms. The molecule has 1 aliphatic rings. The van der Waals surface area contributed by atoms with Gasteiger partial charge in [0.05, 0.1) is 0 Å². The minimum Gasteiger partial charge on any atom is -0.354 e. The molecule has 144 valence electrons. The lowest BCUT2D eigenvalue weighted by Crippen LogP contribution is -2.49. The third-order valence-corrected chi connectivity index (χ3v) is 4.92. The molecule has 1 aliphatic heterocycles. The molecule has 8 heteroatoms. The van der Waals surface area contributed by atoms with Crippen molar-refractivity contribution in [3.05, 3.63) is 34.8 Å². The Morgan fingerprint density at radius 1 is 1.15 bits per heavy atom. The zero-order chi connectivity index (χ0) is 19.7. The van der Waals surface area contributed by atoms with E-state index in [9.17, 15) is 9.59 Å². The normalized spacial score (nSPS) is 14.4. The summed E-state index contributed by atoms with van der Waals surface area (Å²) in [4.78, 5) is 42.5. The Hall–Kier alpha value is -2.90. The monoisotopic (exact) mass is 370 g/mol. The predicted octanol–water partition coefficient (Wildman–Crippen LogP) is 1.65. The maximum absolute atomic E-state index is 12.9. The van der Waals surface area contributed by atoms with Crippen molar-refractivity contribution < 1.29 is 9.59 Å². The van der Waals surface area contributed by atoms with Gasteiger partial charge in [-0.05, 0) is 32.4 Å². The molecule has 2 aromatic heterocycles. The number of anilines is 2. The minimum absolute atomic E-state index is 0.0226. The fraction of sp³-hybridized carbons (Fsp3) is 0.474. The number of nitrogens with one attached hydrogen (secondary N) is 1. The molecule has 8 nitrogen and oxygen atoms in total. The summed E-state index contributed by atoms with van der Waals surface area (Å²) < 4.78 is 0. The average Bonchev–Trinajstić information content (AvgIpc) is 2.95. The second kappa shape index (κ2) is 7.38. The van der Waals surface area contributed by atoms with Crippen molar-refractivity contribution in [3.8, 4) is 0 Å². The highest BCUT2D eigenvalue weighted by Gasteiger charge is 2.27. The third-order valence-electron chi connectivity index (χ3n) is 4.92. The second-order valence-electron chi connectivity index (χ2n) is 7.07. The van der Waals surface area contributed by atoms with Crippen LogP contribution in [0.15, 0.2) is 12.3 Å². The number of Topliss-reactive ketones (excluding diaryl/α,β-unsaturated/α-hetero) is 1. The van der Waals surface area contributed by atoms with E-state index in [1.54, 1.807) is 6.20 Å². The zero-order valence-corrected chi connectivity index (χ0v) is 16.5. The average molecular weight is 370 g/mol. The van der Waals surface area contributed by atoms with E-state index < -0.39 is 0 Å². The molecule has 0 saturated carbocycles. The van der Waals surface area contributed by atoms with Gasteiger partial charge >= 0.3 is 0 Å². The number of rotatable bonds is 4. The Morgan fingerprint density at radius 3 is 2.37 bits per heavy atom. The fourth-order valence-corrected chi connectivity index (χ4v) is 3.52. The molecule has 0 aromatic carbocycles. The molecule has 0 radical (unpaired) electrons. The number of piperazine rings is 1. The van der Waals surface area contributed by atoms with E-state index in [-0.39, 0.29) is 11.7 Å². The van der Waals surface area contributed by atoms with Gasteiger partial charge in [-0.15, -0.1) is 0 Å². The number of aromatic nitrogens is 3. The van der Waals surface area contributed by atoms with Gasteiger partial charge in [0.2, 0.25) is 5.95 Å². The maximum Gasteiger partial charge on any atom is 0.270 e. The van der Waals surface area contributed by atoms with Crippen molar-refractivity contribution in [3.63, 3.8) is 0 Å². The molecule has 0 atom stereocenters. The molecule has 0 spiro atoms. The lowest BCUT2D eigenvalue weighted by Gasteiger charge is -2.35. The van der Waals surface area contributed by atoms with E-state index >= 15 is 0 Å². The van der Waals surface area contributed by atoms with Crippen molar-refractivity contribution >= 4 is 23.5 Å². The van der Waals surface area contributed by atoms with Crippen LogP contribution in [0.25, 0.3) is 0 Å². The van der Waals surface area contributed by atoms with Gasteiger partial charge in [-0.1, -0.05) is 0 Å². The topological polar surface area (TPSA) is 85.4 Å². The first kappa shape index (κ1) is 18.9. The van der Waals surface area contributed by atoms with Crippen LogP contribution >= 0.6 is 0 Å². The number of hydrogen-bond acceptors (Lipinski definition) is 6. The first-order valence-electron chi connectivity index (χ1n) is 9.04. The van der Waals surface area contributed by atoms with Crippen LogP contribution in [0.3, 0.4) is 0 Å². The molecule has 0 aliphatic carbocycles. The molecule has 1 saturated heterocycles. The van der Waals surface area contributed by atoms with Crippen LogP contribution in [0.2, 0.25) is 0 Å². The third kappa shape index (κ3) is 3.65. The lowest BCUT2D eigenvalue weighted by molar-refractivity contribution is 0.0740. The standard InChI is InChI=1S/C19H26N6O2/c1-12-16(14(3)26)13(2)21-17(12)18(27)25-10-8-24(9-11-25)15-6-7-20-19(22-15)23(4)5/h6-7,21H,8-11H2,1-5H3. The van der Waals surface area contributed by atoms with Crippen LogP contribution in [0, 0.1) is 13.8 Å². The summed E-state index contributed by atoms with van der Waals surface area (Å²) in [5, 5.41) is 0. The summed E-state index contributed by atoms with van der Waals surface area (Å²) in [5.74, 6) is 1.46. The molecule has 3 rings (SSSR count). The molecular weight excluding hydrogens is 344 g/mol. The largest absolute Gasteiger partial charge is 0.354 e. The van der Waals surface area contributed by atoms with Gasteiger partial charge in [-0.25, -0.2) is 4.98 Å². The van der Waals surface area contributed by atoms with Gasteiger partial charge in [0, 0.05) is 57.7 Å². The number of nitrogens with zero attached hydrogens (tertiary/aromatic N) is 5. The smallest absolute Gasteiger partial charge is 0.270 e. The molecule has 1 N–H and O–H groups in total. The Morgan fingerprint density at radius 2 is 1.81 bits per heavy atom. The highest BCUT2D eigenvalue weighted by atomic mass is 16.2. The number of carbonyl (C=O) groups is 2. The first-order valence-corrected chi connectivity index (χ1v) is 9.04. The van der Waals surface area contributed by atoms with Crippen molar-refractivity contribution in [1.82, 2.24) is 19.9 Å². The number of H-pyrrole nitrogens is 1. The van der Waals surface area contributed by atoms with E-state index in [0.29, 0.717) is 43.4 Å². The van der Waals surface area contributed by atoms with E-state index in [1.165, 1.54) is 6.92 Å². The highest BCUT2D eigenvalue weighted by Crippen LogP contribution is 2.21. The molecule has 0 unspecified atom stereocenters. The fourth-order valence-electron chi connectivity index (χ4n) is 3.52. The Labute approximate surface area is 159 Å². The van der Waals surface area contributed by atoms with Crippen LogP contribution in [0.5, 0.6) is 0 Å². The van der Waals surface area contributed by atoms with E-state index in [1.807, 2.05) is 43.8 Å². The van der Waals surface area contributed by atoms with Gasteiger partial charge < -0.3 is 19.7 Å². The molecule has 0 bridgehead atoms. The summed E-state index contributed by atoms with van der Waals surface area (Å²) in [6, 6.07) is 1.89. The number of hydrogen-bond donors (Lipinski definition) is 1. The molecule has 2 aromatic rings. The van der Waals surface area contributed by atoms with Crippen molar-refractivity contribution in [2.75, 3.05) is 50.1 Å². The predicted molar refractivity (Wildman–Crippen MR) is 105 cm³/mol. The molecule has 1 amide bonds. The van der Waals surface area contributed by atoms with Crippen molar-refractivity contribution in [2.45, 2.75) is 20.8 Å². The minimum atomic E-state index is -0.0561. The summed E-state index contributed by atoms with van der Waals surface area (Å²) >= 11 is 0. The highest BCUT2D eigenvalue weighted by molar-refractivity contribution is 6.02. The van der Waals surface area contributed by atoms with E-state index in [0.717, 1.165) is 17.1 Å². The Balaban J connectivity index is 1.71. The SMILES string of the molecule is CC(=O)c1c(C)[nH]c(C(=O)N2CCN(c3ccnc(N(C)C)n3)CC2)c1C. The molecule has 3 heterocycles. The van der Waals surface area contributed by atoms with Gasteiger partial charge in [0.25, 0.3) is 5.91 Å². The summed E-state index contributed by atoms with van der Waals surface area (Å²) in [6.07, 6.45) is 1.75. The van der Waals surface area contributed by atoms with Gasteiger partial charge in [-0.3, -0.25) is 9.59 Å². The molecule has 1 fully saturated rings. The number of carbonyl (C=O) groups excluding carboxylic acids is 2. The van der Waals surface area contributed by atoms with Crippen molar-refractivity contribution in [1.29, 1.82) is 0 Å². The summed E-state index contributed by atoms with van der Waals surface area (Å²) in [6.45, 7) is 7.80. The van der Waals surface area contributed by atoms with E-state index in [4.69, 9.17) is 0 Å². The van der Waals surface area contributed by atoms with E-state index in [2.05, 4.69) is 19.9 Å². The number of ketones is 1. The summed E-state index contributed by atoms with van der Waals surface area (Å²) in [7, 11) is 3.82. The molecular formula is C19H26N6O2. The zero-order valence-electron chi connectivity index (χ0n) is 16.5. The van der Waals surface area contributed by atoms with Gasteiger partial charge in [0.15, 0.2) is 5.78 Å². The van der Waals surface area contributed by atoms with Gasteiger partial charge in [-0.2, -0.15) is 4.98 Å². The Bertz CT molecular complexity index is 865. The number of amides is 1. The second-order valence-corrected chi connectivity index (χ2v) is 7.07. The number of aryl methyl sites for hydroxylation is 1. The van der Waals surface area contributed by atoms with Crippen LogP contribution in [-0.4, -0.2) is 71.8 Å². The summed E-state index contributed by atoms with van der Waals surface area (Å²) in [5.41, 5.74) is 2.62. The van der Waals surface area contributed by atoms with Crippen LogP contribution in [0.1, 0.15) is 39.0 Å². The van der Waals surface area contributed by atoms with Crippen LogP contribution in [-0.2, 0) is 0 Å². The number of aromatic amines is 1. The van der Waals surface area contributed by atoms with Gasteiger partial charge in [0.1, 0.15) is 11.5 Å². The Kier molecular flexibility index (Phi) is 5.16. The van der Waals surface area contributed by atoms with Crippen LogP contribution < -0.4 is 9.80 Å². The lowest BCUT2D eigenvalue weighted by atomic mass is 10.1. The quantitative estimate of drug-likeness (QED) is 0.824.